The molecule has 0 aliphatic heterocycles. The molecule has 1 nitrogen and oxygen atoms in total. The number of alkyl halides is 1. The van der Waals surface area contributed by atoms with E-state index in [9.17, 15) is 4.39 Å². The molecule has 1 aromatic rings. The van der Waals surface area contributed by atoms with Crippen LogP contribution >= 0.6 is 11.6 Å². The highest BCUT2D eigenvalue weighted by Gasteiger charge is 2.22. The molecule has 0 bridgehead atoms. The lowest BCUT2D eigenvalue weighted by atomic mass is 10.1. The molecule has 0 atom stereocenters. The van der Waals surface area contributed by atoms with E-state index in [2.05, 4.69) is 4.90 Å². The van der Waals surface area contributed by atoms with Crippen molar-refractivity contribution in [3.8, 4) is 0 Å². The van der Waals surface area contributed by atoms with E-state index < -0.39 is 0 Å². The van der Waals surface area contributed by atoms with Gasteiger partial charge in [0.15, 0.2) is 0 Å². The lowest BCUT2D eigenvalue weighted by Crippen LogP contribution is -2.29. The third-order valence-corrected chi connectivity index (χ3v) is 3.75. The summed E-state index contributed by atoms with van der Waals surface area (Å²) < 4.78 is 13.6. The molecule has 0 radical (unpaired) electrons. The second kappa shape index (κ2) is 5.05. The zero-order valence-electron chi connectivity index (χ0n) is 9.55. The normalized spacial score (nSPS) is 16.7. The van der Waals surface area contributed by atoms with Crippen molar-refractivity contribution in [2.75, 3.05) is 11.9 Å². The molecule has 0 amide bonds. The van der Waals surface area contributed by atoms with Crippen LogP contribution < -0.4 is 4.90 Å². The summed E-state index contributed by atoms with van der Waals surface area (Å²) in [4.78, 5) is 2.19. The van der Waals surface area contributed by atoms with Gasteiger partial charge in [0, 0.05) is 24.3 Å². The highest BCUT2D eigenvalue weighted by Crippen LogP contribution is 2.30. The van der Waals surface area contributed by atoms with Crippen molar-refractivity contribution < 1.29 is 4.39 Å². The van der Waals surface area contributed by atoms with Gasteiger partial charge in [-0.05, 0) is 25.0 Å². The Labute approximate surface area is 101 Å². The maximum absolute atomic E-state index is 13.6. The van der Waals surface area contributed by atoms with E-state index in [1.807, 2.05) is 13.1 Å². The minimum atomic E-state index is -0.197. The van der Waals surface area contributed by atoms with E-state index >= 15 is 0 Å². The van der Waals surface area contributed by atoms with Crippen molar-refractivity contribution in [1.29, 1.82) is 0 Å². The highest BCUT2D eigenvalue weighted by atomic mass is 35.5. The third-order valence-electron chi connectivity index (χ3n) is 3.48. The second-order valence-electron chi connectivity index (χ2n) is 4.42. The van der Waals surface area contributed by atoms with Gasteiger partial charge in [-0.25, -0.2) is 4.39 Å². The van der Waals surface area contributed by atoms with Gasteiger partial charge in [-0.3, -0.25) is 0 Å². The average molecular weight is 242 g/mol. The van der Waals surface area contributed by atoms with Gasteiger partial charge in [0.2, 0.25) is 0 Å². The van der Waals surface area contributed by atoms with Crippen molar-refractivity contribution in [2.24, 2.45) is 0 Å². The Kier molecular flexibility index (Phi) is 3.70. The minimum Gasteiger partial charge on any atom is -0.371 e. The predicted octanol–water partition coefficient (Wildman–Crippen LogP) is 3.94. The van der Waals surface area contributed by atoms with Crippen LogP contribution in [-0.2, 0) is 5.88 Å². The molecule has 1 aliphatic carbocycles. The van der Waals surface area contributed by atoms with Crippen molar-refractivity contribution in [2.45, 2.75) is 37.6 Å². The topological polar surface area (TPSA) is 3.24 Å². The van der Waals surface area contributed by atoms with Gasteiger partial charge in [-0.15, -0.1) is 11.6 Å². The Hall–Kier alpha value is -0.760. The van der Waals surface area contributed by atoms with Crippen LogP contribution in [0.1, 0.15) is 31.2 Å². The molecule has 0 aromatic heterocycles. The van der Waals surface area contributed by atoms with Crippen molar-refractivity contribution in [1.82, 2.24) is 0 Å². The minimum absolute atomic E-state index is 0.197. The van der Waals surface area contributed by atoms with Crippen molar-refractivity contribution in [3.05, 3.63) is 29.6 Å². The van der Waals surface area contributed by atoms with Crippen LogP contribution in [0.3, 0.4) is 0 Å². The SMILES string of the molecule is CN(c1cccc(F)c1CCl)C1CCCC1. The van der Waals surface area contributed by atoms with Crippen LogP contribution in [0.15, 0.2) is 18.2 Å². The number of anilines is 1. The molecule has 1 aliphatic rings. The van der Waals surface area contributed by atoms with E-state index in [4.69, 9.17) is 11.6 Å². The molecule has 2 rings (SSSR count). The van der Waals surface area contributed by atoms with Crippen LogP contribution in [0.25, 0.3) is 0 Å². The van der Waals surface area contributed by atoms with E-state index in [0.717, 1.165) is 5.69 Å². The first-order valence-electron chi connectivity index (χ1n) is 5.80. The molecule has 16 heavy (non-hydrogen) atoms. The summed E-state index contributed by atoms with van der Waals surface area (Å²) in [5.74, 6) is 0.0383. The van der Waals surface area contributed by atoms with Crippen molar-refractivity contribution >= 4 is 17.3 Å². The van der Waals surface area contributed by atoms with Gasteiger partial charge in [0.1, 0.15) is 5.82 Å². The molecule has 0 spiro atoms. The number of rotatable bonds is 3. The molecule has 1 aromatic carbocycles. The predicted molar refractivity (Wildman–Crippen MR) is 66.6 cm³/mol. The number of benzene rings is 1. The van der Waals surface area contributed by atoms with Gasteiger partial charge < -0.3 is 4.90 Å². The Balaban J connectivity index is 2.27. The average Bonchev–Trinajstić information content (AvgIpc) is 2.81. The monoisotopic (exact) mass is 241 g/mol. The Morgan fingerprint density at radius 1 is 1.38 bits per heavy atom. The van der Waals surface area contributed by atoms with Gasteiger partial charge in [0.25, 0.3) is 0 Å². The fraction of sp³-hybridized carbons (Fsp3) is 0.538. The zero-order valence-corrected chi connectivity index (χ0v) is 10.3. The molecular formula is C13H17ClFN. The number of halogens is 2. The summed E-state index contributed by atoms with van der Waals surface area (Å²) in [7, 11) is 2.04. The molecule has 1 saturated carbocycles. The van der Waals surface area contributed by atoms with Crippen LogP contribution in [0.2, 0.25) is 0 Å². The first-order valence-corrected chi connectivity index (χ1v) is 6.33. The van der Waals surface area contributed by atoms with E-state index in [1.54, 1.807) is 6.07 Å². The summed E-state index contributed by atoms with van der Waals surface area (Å²) in [5.41, 5.74) is 1.57. The number of hydrogen-bond donors (Lipinski definition) is 0. The lowest BCUT2D eigenvalue weighted by molar-refractivity contribution is 0.608. The van der Waals surface area contributed by atoms with E-state index in [0.29, 0.717) is 11.6 Å². The van der Waals surface area contributed by atoms with Crippen LogP contribution in [-0.4, -0.2) is 13.1 Å². The van der Waals surface area contributed by atoms with Gasteiger partial charge in [0.05, 0.1) is 5.88 Å². The molecule has 0 heterocycles. The Morgan fingerprint density at radius 3 is 2.69 bits per heavy atom. The van der Waals surface area contributed by atoms with E-state index in [1.165, 1.54) is 31.7 Å². The molecule has 0 saturated heterocycles. The Morgan fingerprint density at radius 2 is 2.06 bits per heavy atom. The number of hydrogen-bond acceptors (Lipinski definition) is 1. The first-order chi connectivity index (χ1) is 7.74. The van der Waals surface area contributed by atoms with E-state index in [-0.39, 0.29) is 11.7 Å². The summed E-state index contributed by atoms with van der Waals surface area (Å²) in [6.07, 6.45) is 4.96. The summed E-state index contributed by atoms with van der Waals surface area (Å²) in [5, 5.41) is 0. The first kappa shape index (κ1) is 11.7. The fourth-order valence-electron chi connectivity index (χ4n) is 2.50. The summed E-state index contributed by atoms with van der Waals surface area (Å²) in [6.45, 7) is 0. The molecule has 3 heteroatoms. The summed E-state index contributed by atoms with van der Waals surface area (Å²) in [6, 6.07) is 5.73. The summed E-state index contributed by atoms with van der Waals surface area (Å²) >= 11 is 5.82. The second-order valence-corrected chi connectivity index (χ2v) is 4.69. The van der Waals surface area contributed by atoms with Gasteiger partial charge in [-0.1, -0.05) is 18.9 Å². The molecule has 1 fully saturated rings. The molecule has 0 unspecified atom stereocenters. The molecular weight excluding hydrogens is 225 g/mol. The van der Waals surface area contributed by atoms with Crippen molar-refractivity contribution in [3.63, 3.8) is 0 Å². The van der Waals surface area contributed by atoms with Gasteiger partial charge in [-0.2, -0.15) is 0 Å². The number of nitrogens with zero attached hydrogens (tertiary/aromatic N) is 1. The quantitative estimate of drug-likeness (QED) is 0.725. The molecule has 0 N–H and O–H groups in total. The maximum atomic E-state index is 13.6. The molecule has 88 valence electrons. The maximum Gasteiger partial charge on any atom is 0.129 e. The van der Waals surface area contributed by atoms with Crippen LogP contribution in [0.4, 0.5) is 10.1 Å². The van der Waals surface area contributed by atoms with Crippen LogP contribution in [0.5, 0.6) is 0 Å². The van der Waals surface area contributed by atoms with Crippen LogP contribution in [0, 0.1) is 5.82 Å². The smallest absolute Gasteiger partial charge is 0.129 e. The standard InChI is InChI=1S/C13H17ClFN/c1-16(10-5-2-3-6-10)13-8-4-7-12(15)11(13)9-14/h4,7-8,10H,2-3,5-6,9H2,1H3. The third kappa shape index (κ3) is 2.17. The Bertz CT molecular complexity index is 361. The fourth-order valence-corrected chi connectivity index (χ4v) is 2.76. The lowest BCUT2D eigenvalue weighted by Gasteiger charge is -2.28. The zero-order chi connectivity index (χ0) is 11.5. The van der Waals surface area contributed by atoms with Gasteiger partial charge >= 0.3 is 0 Å². The highest BCUT2D eigenvalue weighted by molar-refractivity contribution is 6.17. The largest absolute Gasteiger partial charge is 0.371 e.